The standard InChI is InChI=1S/C27H25N3O3/c1-16(2)27(32)30-22(23-10-7-13-33-23)15-21(29-30)25-24(18-8-5-4-6-9-18)19-12-11-17(3)14-20(19)28-26(25)31/h4-14,16,22H,15H2,1-3H3,(H,28,31). The van der Waals surface area contributed by atoms with Crippen molar-refractivity contribution < 1.29 is 9.21 Å². The Balaban J connectivity index is 1.75. The number of carbonyl (C=O) groups excluding carboxylic acids is 1. The highest BCUT2D eigenvalue weighted by Gasteiger charge is 2.37. The van der Waals surface area contributed by atoms with Crippen molar-refractivity contribution in [2.75, 3.05) is 0 Å². The smallest absolute Gasteiger partial charge is 0.258 e. The van der Waals surface area contributed by atoms with Crippen LogP contribution in [0.5, 0.6) is 0 Å². The second-order valence-electron chi connectivity index (χ2n) is 8.74. The number of hydrazone groups is 1. The molecule has 1 N–H and O–H groups in total. The zero-order valence-electron chi connectivity index (χ0n) is 18.8. The van der Waals surface area contributed by atoms with Gasteiger partial charge in [-0.05, 0) is 36.2 Å². The van der Waals surface area contributed by atoms with Crippen molar-refractivity contribution in [2.24, 2.45) is 11.0 Å². The van der Waals surface area contributed by atoms with E-state index in [9.17, 15) is 9.59 Å². The number of amides is 1. The van der Waals surface area contributed by atoms with E-state index in [-0.39, 0.29) is 23.4 Å². The molecule has 4 aromatic rings. The molecule has 0 bridgehead atoms. The fourth-order valence-electron chi connectivity index (χ4n) is 4.42. The predicted molar refractivity (Wildman–Crippen MR) is 129 cm³/mol. The molecule has 2 aromatic heterocycles. The van der Waals surface area contributed by atoms with Crippen LogP contribution in [-0.4, -0.2) is 21.6 Å². The molecule has 5 rings (SSSR count). The Labute approximate surface area is 191 Å². The number of hydrogen-bond acceptors (Lipinski definition) is 4. The van der Waals surface area contributed by atoms with Gasteiger partial charge in [0.25, 0.3) is 5.56 Å². The maximum Gasteiger partial charge on any atom is 0.258 e. The Kier molecular flexibility index (Phi) is 5.21. The first-order valence-electron chi connectivity index (χ1n) is 11.1. The van der Waals surface area contributed by atoms with Gasteiger partial charge < -0.3 is 9.40 Å². The summed E-state index contributed by atoms with van der Waals surface area (Å²) in [5.74, 6) is 0.300. The third kappa shape index (κ3) is 3.67. The van der Waals surface area contributed by atoms with Crippen LogP contribution in [0.25, 0.3) is 22.0 Å². The number of fused-ring (bicyclic) bond motifs is 1. The van der Waals surface area contributed by atoms with Gasteiger partial charge in [0.2, 0.25) is 5.91 Å². The number of aryl methyl sites for hydroxylation is 1. The first-order valence-corrected chi connectivity index (χ1v) is 11.1. The molecular weight excluding hydrogens is 414 g/mol. The minimum absolute atomic E-state index is 0.111. The van der Waals surface area contributed by atoms with Gasteiger partial charge in [-0.2, -0.15) is 5.10 Å². The second-order valence-corrected chi connectivity index (χ2v) is 8.74. The van der Waals surface area contributed by atoms with E-state index in [4.69, 9.17) is 9.52 Å². The lowest BCUT2D eigenvalue weighted by Gasteiger charge is -2.21. The number of furan rings is 1. The van der Waals surface area contributed by atoms with Gasteiger partial charge in [0.05, 0.1) is 17.5 Å². The summed E-state index contributed by atoms with van der Waals surface area (Å²) in [6, 6.07) is 19.1. The molecule has 0 saturated heterocycles. The molecule has 33 heavy (non-hydrogen) atoms. The molecule has 166 valence electrons. The van der Waals surface area contributed by atoms with Gasteiger partial charge in [-0.25, -0.2) is 5.01 Å². The Morgan fingerprint density at radius 2 is 1.88 bits per heavy atom. The van der Waals surface area contributed by atoms with E-state index in [1.807, 2.05) is 75.4 Å². The quantitative estimate of drug-likeness (QED) is 0.460. The fourth-order valence-corrected chi connectivity index (χ4v) is 4.42. The van der Waals surface area contributed by atoms with Crippen molar-refractivity contribution >= 4 is 22.5 Å². The van der Waals surface area contributed by atoms with Gasteiger partial charge in [-0.15, -0.1) is 0 Å². The van der Waals surface area contributed by atoms with Crippen LogP contribution in [0.2, 0.25) is 0 Å². The molecule has 0 aliphatic carbocycles. The van der Waals surface area contributed by atoms with Gasteiger partial charge in [-0.3, -0.25) is 9.59 Å². The zero-order chi connectivity index (χ0) is 23.1. The summed E-state index contributed by atoms with van der Waals surface area (Å²) >= 11 is 0. The van der Waals surface area contributed by atoms with E-state index in [1.165, 1.54) is 5.01 Å². The molecule has 1 amide bonds. The van der Waals surface area contributed by atoms with Crippen LogP contribution in [0.1, 0.15) is 43.2 Å². The van der Waals surface area contributed by atoms with Crippen molar-refractivity contribution in [2.45, 2.75) is 33.2 Å². The van der Waals surface area contributed by atoms with Crippen molar-refractivity contribution in [3.63, 3.8) is 0 Å². The number of aromatic amines is 1. The predicted octanol–water partition coefficient (Wildman–Crippen LogP) is 5.43. The average Bonchev–Trinajstić information content (AvgIpc) is 3.48. The lowest BCUT2D eigenvalue weighted by Crippen LogP contribution is -2.30. The van der Waals surface area contributed by atoms with E-state index in [2.05, 4.69) is 4.98 Å². The highest BCUT2D eigenvalue weighted by Crippen LogP contribution is 2.37. The largest absolute Gasteiger partial charge is 0.467 e. The van der Waals surface area contributed by atoms with Crippen LogP contribution in [-0.2, 0) is 4.79 Å². The fraction of sp³-hybridized carbons (Fsp3) is 0.222. The van der Waals surface area contributed by atoms with Gasteiger partial charge in [0.15, 0.2) is 0 Å². The van der Waals surface area contributed by atoms with Crippen LogP contribution < -0.4 is 5.56 Å². The molecule has 0 spiro atoms. The van der Waals surface area contributed by atoms with Crippen LogP contribution in [0.3, 0.4) is 0 Å². The third-order valence-corrected chi connectivity index (χ3v) is 6.02. The molecule has 2 aromatic carbocycles. The summed E-state index contributed by atoms with van der Waals surface area (Å²) in [6.45, 7) is 5.68. The van der Waals surface area contributed by atoms with E-state index in [0.717, 1.165) is 27.6 Å². The first kappa shape index (κ1) is 20.9. The van der Waals surface area contributed by atoms with Gasteiger partial charge in [-0.1, -0.05) is 56.3 Å². The monoisotopic (exact) mass is 439 g/mol. The molecular formula is C27H25N3O3. The summed E-state index contributed by atoms with van der Waals surface area (Å²) in [7, 11) is 0. The number of rotatable bonds is 4. The van der Waals surface area contributed by atoms with Crippen molar-refractivity contribution in [3.05, 3.63) is 94.2 Å². The molecule has 1 unspecified atom stereocenters. The Bertz CT molecular complexity index is 1420. The average molecular weight is 440 g/mol. The van der Waals surface area contributed by atoms with E-state index >= 15 is 0 Å². The highest BCUT2D eigenvalue weighted by atomic mass is 16.3. The molecule has 0 radical (unpaired) electrons. The number of pyridine rings is 1. The molecule has 1 aliphatic rings. The lowest BCUT2D eigenvalue weighted by atomic mass is 9.91. The normalized spacial score (nSPS) is 15.9. The molecule has 0 fully saturated rings. The van der Waals surface area contributed by atoms with E-state index in [0.29, 0.717) is 23.5 Å². The summed E-state index contributed by atoms with van der Waals surface area (Å²) in [5.41, 5.74) is 4.45. The summed E-state index contributed by atoms with van der Waals surface area (Å²) in [5, 5.41) is 7.12. The third-order valence-electron chi connectivity index (χ3n) is 6.02. The number of benzene rings is 2. The summed E-state index contributed by atoms with van der Waals surface area (Å²) in [4.78, 5) is 29.5. The highest BCUT2D eigenvalue weighted by molar-refractivity contribution is 6.12. The Morgan fingerprint density at radius 1 is 1.09 bits per heavy atom. The van der Waals surface area contributed by atoms with E-state index in [1.54, 1.807) is 12.3 Å². The van der Waals surface area contributed by atoms with Gasteiger partial charge in [0.1, 0.15) is 11.8 Å². The summed E-state index contributed by atoms with van der Waals surface area (Å²) in [6.07, 6.45) is 1.98. The van der Waals surface area contributed by atoms with Crippen molar-refractivity contribution in [1.29, 1.82) is 0 Å². The van der Waals surface area contributed by atoms with Gasteiger partial charge in [0, 0.05) is 28.8 Å². The minimum Gasteiger partial charge on any atom is -0.467 e. The molecule has 6 nitrogen and oxygen atoms in total. The molecule has 0 saturated carbocycles. The second kappa shape index (κ2) is 8.20. The Hall–Kier alpha value is -3.93. The number of carbonyl (C=O) groups is 1. The van der Waals surface area contributed by atoms with Crippen LogP contribution in [0.15, 0.2) is 81.2 Å². The summed E-state index contributed by atoms with van der Waals surface area (Å²) < 4.78 is 5.64. The first-order chi connectivity index (χ1) is 15.9. The van der Waals surface area contributed by atoms with Gasteiger partial charge >= 0.3 is 0 Å². The SMILES string of the molecule is Cc1ccc2c(-c3ccccc3)c(C3=NN(C(=O)C(C)C)C(c4ccco4)C3)c(=O)[nH]c2c1. The van der Waals surface area contributed by atoms with Crippen LogP contribution in [0, 0.1) is 12.8 Å². The molecule has 3 heterocycles. The topological polar surface area (TPSA) is 78.7 Å². The number of aromatic nitrogens is 1. The molecule has 1 aliphatic heterocycles. The number of nitrogens with zero attached hydrogens (tertiary/aromatic N) is 2. The molecule has 1 atom stereocenters. The van der Waals surface area contributed by atoms with Crippen molar-refractivity contribution in [3.8, 4) is 11.1 Å². The molecule has 6 heteroatoms. The maximum atomic E-state index is 13.5. The zero-order valence-corrected chi connectivity index (χ0v) is 18.8. The lowest BCUT2D eigenvalue weighted by molar-refractivity contribution is -0.136. The van der Waals surface area contributed by atoms with Crippen LogP contribution in [0.4, 0.5) is 0 Å². The number of H-pyrrole nitrogens is 1. The Morgan fingerprint density at radius 3 is 2.58 bits per heavy atom. The van der Waals surface area contributed by atoms with E-state index < -0.39 is 0 Å². The van der Waals surface area contributed by atoms with Crippen LogP contribution >= 0.6 is 0 Å². The maximum absolute atomic E-state index is 13.5. The minimum atomic E-state index is -0.387. The number of nitrogens with one attached hydrogen (secondary N) is 1. The number of hydrogen-bond donors (Lipinski definition) is 1. The van der Waals surface area contributed by atoms with Crippen molar-refractivity contribution in [1.82, 2.24) is 9.99 Å².